The third kappa shape index (κ3) is 3.59. The molecule has 132 valence electrons. The Bertz CT molecular complexity index is 885. The van der Waals surface area contributed by atoms with Crippen LogP contribution in [-0.4, -0.2) is 20.8 Å². The molecule has 6 heteroatoms. The lowest BCUT2D eigenvalue weighted by molar-refractivity contribution is 0.247. The zero-order chi connectivity index (χ0) is 17.9. The van der Waals surface area contributed by atoms with Crippen LogP contribution in [0.5, 0.6) is 0 Å². The number of nitrogens with one attached hydrogen (secondary N) is 2. The van der Waals surface area contributed by atoms with Crippen molar-refractivity contribution in [3.05, 3.63) is 72.2 Å². The van der Waals surface area contributed by atoms with Crippen LogP contribution in [0.4, 0.5) is 10.5 Å². The number of carbonyl (C=O) groups excluding carboxylic acids is 1. The summed E-state index contributed by atoms with van der Waals surface area (Å²) in [7, 11) is 0. The molecule has 1 fully saturated rings. The van der Waals surface area contributed by atoms with Crippen molar-refractivity contribution in [1.82, 2.24) is 20.1 Å². The highest BCUT2D eigenvalue weighted by molar-refractivity contribution is 5.91. The van der Waals surface area contributed by atoms with Gasteiger partial charge < -0.3 is 10.6 Å². The smallest absolute Gasteiger partial charge is 0.319 e. The molecule has 6 nitrogen and oxygen atoms in total. The first kappa shape index (κ1) is 16.3. The number of anilines is 1. The van der Waals surface area contributed by atoms with Crippen LogP contribution in [0.1, 0.15) is 30.0 Å². The van der Waals surface area contributed by atoms with Crippen LogP contribution in [0.2, 0.25) is 0 Å². The molecule has 1 atom stereocenters. The van der Waals surface area contributed by atoms with Crippen LogP contribution >= 0.6 is 0 Å². The summed E-state index contributed by atoms with van der Waals surface area (Å²) >= 11 is 0. The molecule has 1 saturated carbocycles. The summed E-state index contributed by atoms with van der Waals surface area (Å²) < 4.78 is 1.63. The van der Waals surface area contributed by atoms with Gasteiger partial charge in [-0.1, -0.05) is 29.8 Å². The van der Waals surface area contributed by atoms with E-state index >= 15 is 0 Å². The number of aromatic nitrogens is 3. The van der Waals surface area contributed by atoms with Gasteiger partial charge in [-0.2, -0.15) is 5.10 Å². The average Bonchev–Trinajstić information content (AvgIpc) is 3.35. The molecule has 1 aromatic carbocycles. The molecular weight excluding hydrogens is 326 g/mol. The zero-order valence-electron chi connectivity index (χ0n) is 14.6. The molecule has 1 aliphatic rings. The maximum atomic E-state index is 12.6. The van der Waals surface area contributed by atoms with E-state index in [9.17, 15) is 4.79 Å². The van der Waals surface area contributed by atoms with Crippen molar-refractivity contribution in [2.75, 3.05) is 5.32 Å². The van der Waals surface area contributed by atoms with E-state index in [2.05, 4.69) is 51.9 Å². The van der Waals surface area contributed by atoms with Gasteiger partial charge in [-0.05, 0) is 49.4 Å². The van der Waals surface area contributed by atoms with Crippen molar-refractivity contribution in [3.63, 3.8) is 0 Å². The molecule has 0 aliphatic heterocycles. The molecule has 0 spiro atoms. The number of hydrogen-bond acceptors (Lipinski definition) is 3. The Balaban J connectivity index is 1.51. The van der Waals surface area contributed by atoms with Crippen LogP contribution in [0.3, 0.4) is 0 Å². The van der Waals surface area contributed by atoms with Crippen LogP contribution in [0.25, 0.3) is 5.82 Å². The predicted octanol–water partition coefficient (Wildman–Crippen LogP) is 3.85. The number of carbonyl (C=O) groups is 1. The fraction of sp³-hybridized carbons (Fsp3) is 0.250. The SMILES string of the molecule is Cc1ccc(C(NC(=O)Nc2cccnc2-n2cccn2)C2CC2)cc1. The first-order chi connectivity index (χ1) is 12.7. The van der Waals surface area contributed by atoms with Gasteiger partial charge in [0.15, 0.2) is 5.82 Å². The largest absolute Gasteiger partial charge is 0.331 e. The van der Waals surface area contributed by atoms with Crippen molar-refractivity contribution in [3.8, 4) is 5.82 Å². The number of benzene rings is 1. The number of rotatable bonds is 5. The van der Waals surface area contributed by atoms with E-state index in [4.69, 9.17) is 0 Å². The summed E-state index contributed by atoms with van der Waals surface area (Å²) in [5, 5.41) is 10.2. The van der Waals surface area contributed by atoms with Gasteiger partial charge in [0.2, 0.25) is 0 Å². The molecular formula is C20H21N5O. The molecule has 0 radical (unpaired) electrons. The van der Waals surface area contributed by atoms with E-state index in [-0.39, 0.29) is 12.1 Å². The highest BCUT2D eigenvalue weighted by Gasteiger charge is 2.33. The highest BCUT2D eigenvalue weighted by Crippen LogP contribution is 2.41. The Hall–Kier alpha value is -3.15. The number of urea groups is 1. The van der Waals surface area contributed by atoms with Crippen LogP contribution in [0, 0.1) is 12.8 Å². The first-order valence-electron chi connectivity index (χ1n) is 8.80. The molecule has 3 aromatic rings. The summed E-state index contributed by atoms with van der Waals surface area (Å²) in [4.78, 5) is 17.0. The maximum absolute atomic E-state index is 12.6. The second-order valence-electron chi connectivity index (χ2n) is 6.65. The first-order valence-corrected chi connectivity index (χ1v) is 8.80. The average molecular weight is 347 g/mol. The minimum Gasteiger partial charge on any atom is -0.331 e. The minimum absolute atomic E-state index is 0.0282. The summed E-state index contributed by atoms with van der Waals surface area (Å²) in [5.41, 5.74) is 2.98. The van der Waals surface area contributed by atoms with E-state index in [0.29, 0.717) is 17.4 Å². The summed E-state index contributed by atoms with van der Waals surface area (Å²) in [6, 6.07) is 13.6. The van der Waals surface area contributed by atoms with Crippen LogP contribution in [-0.2, 0) is 0 Å². The Kier molecular flexibility index (Phi) is 4.39. The van der Waals surface area contributed by atoms with Crippen LogP contribution in [0.15, 0.2) is 61.1 Å². The Labute approximate surface area is 152 Å². The molecule has 2 N–H and O–H groups in total. The molecule has 0 bridgehead atoms. The topological polar surface area (TPSA) is 71.8 Å². The van der Waals surface area contributed by atoms with Gasteiger partial charge in [-0.3, -0.25) is 0 Å². The van der Waals surface area contributed by atoms with Gasteiger partial charge in [0.25, 0.3) is 0 Å². The Morgan fingerprint density at radius 3 is 2.65 bits per heavy atom. The third-order valence-corrected chi connectivity index (χ3v) is 4.57. The Morgan fingerprint density at radius 2 is 1.96 bits per heavy atom. The van der Waals surface area contributed by atoms with E-state index in [1.165, 1.54) is 5.56 Å². The monoisotopic (exact) mass is 347 g/mol. The van der Waals surface area contributed by atoms with Crippen molar-refractivity contribution >= 4 is 11.7 Å². The van der Waals surface area contributed by atoms with E-state index in [1.807, 2.05) is 12.1 Å². The van der Waals surface area contributed by atoms with E-state index in [0.717, 1.165) is 18.4 Å². The molecule has 2 heterocycles. The van der Waals surface area contributed by atoms with Gasteiger partial charge in [0.05, 0.1) is 11.7 Å². The minimum atomic E-state index is -0.233. The Morgan fingerprint density at radius 1 is 1.15 bits per heavy atom. The number of amides is 2. The molecule has 2 amide bonds. The van der Waals surface area contributed by atoms with E-state index in [1.54, 1.807) is 29.3 Å². The standard InChI is InChI=1S/C20H21N5O/c1-14-5-7-15(8-6-14)18(16-9-10-16)24-20(26)23-17-4-2-11-21-19(17)25-13-3-12-22-25/h2-8,11-13,16,18H,9-10H2,1H3,(H2,23,24,26). The third-order valence-electron chi connectivity index (χ3n) is 4.57. The normalized spacial score (nSPS) is 14.7. The molecule has 1 unspecified atom stereocenters. The fourth-order valence-electron chi connectivity index (χ4n) is 3.05. The lowest BCUT2D eigenvalue weighted by Crippen LogP contribution is -2.34. The summed E-state index contributed by atoms with van der Waals surface area (Å²) in [6.07, 6.45) is 7.44. The number of nitrogens with zero attached hydrogens (tertiary/aromatic N) is 3. The number of hydrogen-bond donors (Lipinski definition) is 2. The number of pyridine rings is 1. The highest BCUT2D eigenvalue weighted by atomic mass is 16.2. The van der Waals surface area contributed by atoms with Crippen molar-refractivity contribution in [2.45, 2.75) is 25.8 Å². The van der Waals surface area contributed by atoms with Crippen molar-refractivity contribution in [1.29, 1.82) is 0 Å². The molecule has 4 rings (SSSR count). The predicted molar refractivity (Wildman–Crippen MR) is 100 cm³/mol. The van der Waals surface area contributed by atoms with Gasteiger partial charge >= 0.3 is 6.03 Å². The molecule has 0 saturated heterocycles. The van der Waals surface area contributed by atoms with Gasteiger partial charge in [0, 0.05) is 18.6 Å². The van der Waals surface area contributed by atoms with Gasteiger partial charge in [-0.25, -0.2) is 14.5 Å². The van der Waals surface area contributed by atoms with Crippen molar-refractivity contribution < 1.29 is 4.79 Å². The summed E-state index contributed by atoms with van der Waals surface area (Å²) in [6.45, 7) is 2.06. The molecule has 26 heavy (non-hydrogen) atoms. The fourth-order valence-corrected chi connectivity index (χ4v) is 3.05. The maximum Gasteiger partial charge on any atom is 0.319 e. The second-order valence-corrected chi connectivity index (χ2v) is 6.65. The summed E-state index contributed by atoms with van der Waals surface area (Å²) in [5.74, 6) is 1.09. The van der Waals surface area contributed by atoms with Crippen molar-refractivity contribution in [2.24, 2.45) is 5.92 Å². The molecule has 1 aliphatic carbocycles. The quantitative estimate of drug-likeness (QED) is 0.736. The second kappa shape index (κ2) is 7.00. The molecule has 2 aromatic heterocycles. The lowest BCUT2D eigenvalue weighted by Gasteiger charge is -2.20. The lowest BCUT2D eigenvalue weighted by atomic mass is 10.0. The van der Waals surface area contributed by atoms with Gasteiger partial charge in [0.1, 0.15) is 0 Å². The zero-order valence-corrected chi connectivity index (χ0v) is 14.6. The van der Waals surface area contributed by atoms with Gasteiger partial charge in [-0.15, -0.1) is 0 Å². The van der Waals surface area contributed by atoms with Crippen LogP contribution < -0.4 is 10.6 Å². The van der Waals surface area contributed by atoms with E-state index < -0.39 is 0 Å². The number of aryl methyl sites for hydroxylation is 1.